The van der Waals surface area contributed by atoms with Crippen molar-refractivity contribution in [1.29, 1.82) is 0 Å². The Morgan fingerprint density at radius 3 is 2.30 bits per heavy atom. The van der Waals surface area contributed by atoms with E-state index < -0.39 is 6.04 Å². The number of hydrogen-bond acceptors (Lipinski definition) is 3. The second kappa shape index (κ2) is 9.52. The molecular formula is C21H25N3O3. The molecule has 0 bridgehead atoms. The number of likely N-dealkylation sites (N-methyl/N-ethyl adjacent to an activating group) is 1. The molecule has 6 heteroatoms. The first-order valence-electron chi connectivity index (χ1n) is 8.91. The Labute approximate surface area is 159 Å². The summed E-state index contributed by atoms with van der Waals surface area (Å²) >= 11 is 0. The number of para-hydroxylation sites is 1. The van der Waals surface area contributed by atoms with E-state index in [2.05, 4.69) is 10.6 Å². The molecule has 0 spiro atoms. The van der Waals surface area contributed by atoms with Gasteiger partial charge in [-0.05, 0) is 37.1 Å². The average molecular weight is 367 g/mol. The van der Waals surface area contributed by atoms with Gasteiger partial charge in [0, 0.05) is 18.3 Å². The van der Waals surface area contributed by atoms with Crippen LogP contribution in [0, 0.1) is 0 Å². The Balaban J connectivity index is 1.90. The lowest BCUT2D eigenvalue weighted by Crippen LogP contribution is -2.47. The number of hydrogen-bond donors (Lipinski definition) is 2. The second-order valence-corrected chi connectivity index (χ2v) is 6.31. The summed E-state index contributed by atoms with van der Waals surface area (Å²) < 4.78 is 0. The fraction of sp³-hybridized carbons (Fsp3) is 0.286. The van der Waals surface area contributed by atoms with Crippen LogP contribution in [-0.4, -0.2) is 42.3 Å². The number of carbonyl (C=O) groups is 3. The molecule has 142 valence electrons. The van der Waals surface area contributed by atoms with Crippen LogP contribution in [0.2, 0.25) is 0 Å². The van der Waals surface area contributed by atoms with E-state index in [4.69, 9.17) is 0 Å². The first kappa shape index (κ1) is 20.2. The maximum atomic E-state index is 12.5. The molecule has 0 aliphatic heterocycles. The molecule has 2 rings (SSSR count). The number of nitrogens with zero attached hydrogens (tertiary/aromatic N) is 1. The van der Waals surface area contributed by atoms with Crippen LogP contribution in [0.5, 0.6) is 0 Å². The highest BCUT2D eigenvalue weighted by Crippen LogP contribution is 2.15. The third kappa shape index (κ3) is 5.67. The van der Waals surface area contributed by atoms with Gasteiger partial charge in [-0.3, -0.25) is 14.4 Å². The van der Waals surface area contributed by atoms with Crippen LogP contribution in [0.4, 0.5) is 5.69 Å². The zero-order chi connectivity index (χ0) is 19.8. The topological polar surface area (TPSA) is 78.5 Å². The van der Waals surface area contributed by atoms with Gasteiger partial charge in [-0.2, -0.15) is 0 Å². The van der Waals surface area contributed by atoms with Crippen molar-refractivity contribution in [3.05, 3.63) is 65.7 Å². The Morgan fingerprint density at radius 2 is 1.63 bits per heavy atom. The lowest BCUT2D eigenvalue weighted by Gasteiger charge is -2.22. The quantitative estimate of drug-likeness (QED) is 0.789. The van der Waals surface area contributed by atoms with Crippen molar-refractivity contribution in [2.75, 3.05) is 18.9 Å². The standard InChI is InChI=1S/C21H25N3O3/c1-4-16-10-8-9-13-18(16)23-19(25)14-24(3)21(27)15(2)22-20(26)17-11-6-5-7-12-17/h5-13,15H,4,14H2,1-3H3,(H,22,26)(H,23,25). The van der Waals surface area contributed by atoms with Gasteiger partial charge in [0.1, 0.15) is 6.04 Å². The van der Waals surface area contributed by atoms with Crippen molar-refractivity contribution in [2.45, 2.75) is 26.3 Å². The summed E-state index contributed by atoms with van der Waals surface area (Å²) in [5.74, 6) is -0.947. The largest absolute Gasteiger partial charge is 0.341 e. The maximum absolute atomic E-state index is 12.5. The minimum atomic E-state index is -0.738. The molecule has 3 amide bonds. The van der Waals surface area contributed by atoms with Crippen molar-refractivity contribution in [1.82, 2.24) is 10.2 Å². The predicted octanol–water partition coefficient (Wildman–Crippen LogP) is 2.46. The molecular weight excluding hydrogens is 342 g/mol. The van der Waals surface area contributed by atoms with Gasteiger partial charge >= 0.3 is 0 Å². The molecule has 0 heterocycles. The number of rotatable bonds is 7. The maximum Gasteiger partial charge on any atom is 0.251 e. The molecule has 0 aliphatic carbocycles. The fourth-order valence-electron chi connectivity index (χ4n) is 2.70. The molecule has 0 aromatic heterocycles. The van der Waals surface area contributed by atoms with Crippen LogP contribution in [0.3, 0.4) is 0 Å². The van der Waals surface area contributed by atoms with Crippen LogP contribution in [0.25, 0.3) is 0 Å². The molecule has 0 fully saturated rings. The number of carbonyl (C=O) groups excluding carboxylic acids is 3. The lowest BCUT2D eigenvalue weighted by molar-refractivity contribution is -0.134. The summed E-state index contributed by atoms with van der Waals surface area (Å²) in [5, 5.41) is 5.49. The number of aryl methyl sites for hydroxylation is 1. The molecule has 0 saturated carbocycles. The summed E-state index contributed by atoms with van der Waals surface area (Å²) in [6.07, 6.45) is 0.799. The fourth-order valence-corrected chi connectivity index (χ4v) is 2.70. The highest BCUT2D eigenvalue weighted by atomic mass is 16.2. The van der Waals surface area contributed by atoms with Gasteiger partial charge in [0.05, 0.1) is 6.54 Å². The van der Waals surface area contributed by atoms with E-state index in [-0.39, 0.29) is 24.3 Å². The molecule has 6 nitrogen and oxygen atoms in total. The zero-order valence-corrected chi connectivity index (χ0v) is 15.9. The van der Waals surface area contributed by atoms with Gasteiger partial charge in [-0.25, -0.2) is 0 Å². The van der Waals surface area contributed by atoms with E-state index in [0.717, 1.165) is 17.7 Å². The predicted molar refractivity (Wildman–Crippen MR) is 105 cm³/mol. The first-order valence-corrected chi connectivity index (χ1v) is 8.91. The molecule has 2 aromatic rings. The van der Waals surface area contributed by atoms with E-state index in [0.29, 0.717) is 5.56 Å². The number of anilines is 1. The van der Waals surface area contributed by atoms with Crippen molar-refractivity contribution < 1.29 is 14.4 Å². The zero-order valence-electron chi connectivity index (χ0n) is 15.9. The van der Waals surface area contributed by atoms with Gasteiger partial charge < -0.3 is 15.5 Å². The molecule has 2 aromatic carbocycles. The van der Waals surface area contributed by atoms with Crippen LogP contribution >= 0.6 is 0 Å². The minimum absolute atomic E-state index is 0.0948. The van der Waals surface area contributed by atoms with E-state index >= 15 is 0 Å². The normalized spacial score (nSPS) is 11.4. The highest BCUT2D eigenvalue weighted by Gasteiger charge is 2.21. The summed E-state index contributed by atoms with van der Waals surface area (Å²) in [6.45, 7) is 3.52. The van der Waals surface area contributed by atoms with E-state index in [1.807, 2.05) is 37.3 Å². The van der Waals surface area contributed by atoms with Gasteiger partial charge in [0.2, 0.25) is 11.8 Å². The van der Waals surface area contributed by atoms with Crippen LogP contribution in [-0.2, 0) is 16.0 Å². The first-order chi connectivity index (χ1) is 12.9. The average Bonchev–Trinajstić information content (AvgIpc) is 2.68. The second-order valence-electron chi connectivity index (χ2n) is 6.31. The van der Waals surface area contributed by atoms with E-state index in [9.17, 15) is 14.4 Å². The van der Waals surface area contributed by atoms with Gasteiger partial charge in [0.15, 0.2) is 0 Å². The summed E-state index contributed by atoms with van der Waals surface area (Å²) in [7, 11) is 1.54. The smallest absolute Gasteiger partial charge is 0.251 e. The van der Waals surface area contributed by atoms with Crippen LogP contribution in [0.1, 0.15) is 29.8 Å². The van der Waals surface area contributed by atoms with Crippen molar-refractivity contribution in [3.8, 4) is 0 Å². The number of benzene rings is 2. The van der Waals surface area contributed by atoms with Crippen LogP contribution in [0.15, 0.2) is 54.6 Å². The third-order valence-corrected chi connectivity index (χ3v) is 4.18. The Hall–Kier alpha value is -3.15. The third-order valence-electron chi connectivity index (χ3n) is 4.18. The van der Waals surface area contributed by atoms with Gasteiger partial charge in [0.25, 0.3) is 5.91 Å². The Morgan fingerprint density at radius 1 is 1.00 bits per heavy atom. The summed E-state index contributed by atoms with van der Waals surface area (Å²) in [4.78, 5) is 38.2. The summed E-state index contributed by atoms with van der Waals surface area (Å²) in [5.41, 5.74) is 2.26. The molecule has 0 radical (unpaired) electrons. The van der Waals surface area contributed by atoms with E-state index in [1.54, 1.807) is 38.2 Å². The van der Waals surface area contributed by atoms with Crippen LogP contribution < -0.4 is 10.6 Å². The van der Waals surface area contributed by atoms with Crippen molar-refractivity contribution >= 4 is 23.4 Å². The molecule has 1 unspecified atom stereocenters. The van der Waals surface area contributed by atoms with Gasteiger partial charge in [-0.1, -0.05) is 43.3 Å². The lowest BCUT2D eigenvalue weighted by atomic mass is 10.1. The number of amides is 3. The molecule has 0 aliphatic rings. The Bertz CT molecular complexity index is 805. The SMILES string of the molecule is CCc1ccccc1NC(=O)CN(C)C(=O)C(C)NC(=O)c1ccccc1. The van der Waals surface area contributed by atoms with E-state index in [1.165, 1.54) is 4.90 Å². The monoisotopic (exact) mass is 367 g/mol. The van der Waals surface area contributed by atoms with Crippen molar-refractivity contribution in [3.63, 3.8) is 0 Å². The van der Waals surface area contributed by atoms with Crippen molar-refractivity contribution in [2.24, 2.45) is 0 Å². The minimum Gasteiger partial charge on any atom is -0.341 e. The molecule has 27 heavy (non-hydrogen) atoms. The Kier molecular flexibility index (Phi) is 7.11. The number of nitrogens with one attached hydrogen (secondary N) is 2. The molecule has 0 saturated heterocycles. The molecule has 1 atom stereocenters. The highest BCUT2D eigenvalue weighted by molar-refractivity contribution is 5.99. The molecule has 2 N–H and O–H groups in total. The van der Waals surface area contributed by atoms with Gasteiger partial charge in [-0.15, -0.1) is 0 Å². The summed E-state index contributed by atoms with van der Waals surface area (Å²) in [6, 6.07) is 15.5.